The second-order valence-corrected chi connectivity index (χ2v) is 9.52. The van der Waals surface area contributed by atoms with E-state index in [1.807, 2.05) is 0 Å². The predicted octanol–water partition coefficient (Wildman–Crippen LogP) is 8.59. The van der Waals surface area contributed by atoms with Crippen LogP contribution in [0.2, 0.25) is 0 Å². The molecule has 1 aromatic heterocycles. The van der Waals surface area contributed by atoms with Gasteiger partial charge in [-0.25, -0.2) is 0 Å². The average Bonchev–Trinajstić information content (AvgIpc) is 3.23. The van der Waals surface area contributed by atoms with Crippen molar-refractivity contribution in [3.05, 3.63) is 59.7 Å². The number of aryl methyl sites for hydroxylation is 1. The van der Waals surface area contributed by atoms with E-state index in [1.54, 1.807) is 0 Å². The Balaban J connectivity index is 0.00000289. The van der Waals surface area contributed by atoms with Crippen molar-refractivity contribution in [3.63, 3.8) is 0 Å². The summed E-state index contributed by atoms with van der Waals surface area (Å²) >= 11 is 0. The molecule has 31 heavy (non-hydrogen) atoms. The van der Waals surface area contributed by atoms with Crippen molar-refractivity contribution in [3.8, 4) is 11.3 Å². The molecular weight excluding hydrogens is 378 g/mol. The summed E-state index contributed by atoms with van der Waals surface area (Å²) in [6.45, 7) is 4.43. The fourth-order valence-corrected chi connectivity index (χ4v) is 5.26. The summed E-state index contributed by atoms with van der Waals surface area (Å²) < 4.78 is 0. The van der Waals surface area contributed by atoms with Crippen LogP contribution in [-0.4, -0.2) is 10.8 Å². The van der Waals surface area contributed by atoms with E-state index in [1.165, 1.54) is 59.0 Å². The summed E-state index contributed by atoms with van der Waals surface area (Å²) in [5, 5.41) is 1.26. The minimum atomic E-state index is 0. The maximum absolute atomic E-state index is 12.6. The summed E-state index contributed by atoms with van der Waals surface area (Å²) in [7, 11) is 0. The Kier molecular flexibility index (Phi) is 7.27. The van der Waals surface area contributed by atoms with Crippen LogP contribution in [0, 0.1) is 12.8 Å². The van der Waals surface area contributed by atoms with Crippen LogP contribution in [-0.2, 0) is 4.79 Å². The first-order chi connectivity index (χ1) is 15.2. The van der Waals surface area contributed by atoms with Crippen LogP contribution in [0.3, 0.4) is 0 Å². The third kappa shape index (κ3) is 5.29. The van der Waals surface area contributed by atoms with Crippen molar-refractivity contribution < 1.29 is 6.22 Å². The maximum Gasteiger partial charge on any atom is 0.135 e. The first-order valence-corrected chi connectivity index (χ1v) is 12.4. The van der Waals surface area contributed by atoms with E-state index in [-0.39, 0.29) is 1.43 Å². The predicted molar refractivity (Wildman–Crippen MR) is 134 cm³/mol. The van der Waals surface area contributed by atoms with Crippen LogP contribution < -0.4 is 0 Å². The first-order valence-electron chi connectivity index (χ1n) is 12.4. The second-order valence-electron chi connectivity index (χ2n) is 9.52. The molecule has 2 heteroatoms. The molecule has 0 amide bonds. The van der Waals surface area contributed by atoms with Crippen LogP contribution in [0.5, 0.6) is 0 Å². The van der Waals surface area contributed by atoms with Crippen molar-refractivity contribution in [2.24, 2.45) is 5.92 Å². The number of benzene rings is 2. The highest BCUT2D eigenvalue weighted by atomic mass is 16.1. The Morgan fingerprint density at radius 1 is 0.968 bits per heavy atom. The molecule has 4 rings (SSSR count). The van der Waals surface area contributed by atoms with Crippen LogP contribution >= 0.6 is 0 Å². The number of Topliss-reactive ketones (excluding diaryl/α,β-unsaturated/α-hetero) is 1. The quantitative estimate of drug-likeness (QED) is 0.347. The van der Waals surface area contributed by atoms with Crippen LogP contribution in [0.4, 0.5) is 0 Å². The van der Waals surface area contributed by atoms with Gasteiger partial charge in [0.15, 0.2) is 0 Å². The van der Waals surface area contributed by atoms with E-state index in [4.69, 9.17) is 0 Å². The van der Waals surface area contributed by atoms with Gasteiger partial charge in [-0.15, -0.1) is 0 Å². The largest absolute Gasteiger partial charge is 0.355 e. The van der Waals surface area contributed by atoms with Gasteiger partial charge in [0.1, 0.15) is 5.78 Å². The number of aromatic amines is 1. The minimum absolute atomic E-state index is 0. The monoisotopic (exact) mass is 417 g/mol. The lowest BCUT2D eigenvalue weighted by Gasteiger charge is -2.28. The summed E-state index contributed by atoms with van der Waals surface area (Å²) in [5.41, 5.74) is 6.44. The van der Waals surface area contributed by atoms with Crippen LogP contribution in [0.25, 0.3) is 22.2 Å². The number of fused-ring (bicyclic) bond motifs is 1. The molecule has 0 unspecified atom stereocenters. The normalized spacial score (nSPS) is 19.0. The van der Waals surface area contributed by atoms with Gasteiger partial charge >= 0.3 is 0 Å². The molecule has 1 aliphatic carbocycles. The molecule has 0 radical (unpaired) electrons. The molecule has 0 bridgehead atoms. The van der Waals surface area contributed by atoms with Gasteiger partial charge in [-0.05, 0) is 74.3 Å². The molecule has 1 fully saturated rings. The number of hydrogen-bond donors (Lipinski definition) is 1. The lowest BCUT2D eigenvalue weighted by molar-refractivity contribution is -0.124. The molecule has 2 aromatic carbocycles. The van der Waals surface area contributed by atoms with Crippen LogP contribution in [0.1, 0.15) is 89.6 Å². The SMILES string of the molecule is CCCCCCCC(=O)C1CCC(c2ccc(C)c(-c3cc4ccccc4[nH]3)c2)CC1.[HH]. The molecule has 0 saturated heterocycles. The Hall–Kier alpha value is -2.35. The topological polar surface area (TPSA) is 32.9 Å². The van der Waals surface area contributed by atoms with E-state index >= 15 is 0 Å². The number of carbonyl (C=O) groups is 1. The Morgan fingerprint density at radius 3 is 2.52 bits per heavy atom. The zero-order chi connectivity index (χ0) is 21.6. The van der Waals surface area contributed by atoms with Crippen molar-refractivity contribution in [1.29, 1.82) is 0 Å². The van der Waals surface area contributed by atoms with E-state index in [9.17, 15) is 4.79 Å². The zero-order valence-electron chi connectivity index (χ0n) is 19.3. The number of ketones is 1. The third-order valence-electron chi connectivity index (χ3n) is 7.26. The molecular formula is C29H39NO. The molecule has 1 N–H and O–H groups in total. The van der Waals surface area contributed by atoms with Gasteiger partial charge in [-0.3, -0.25) is 4.79 Å². The zero-order valence-corrected chi connectivity index (χ0v) is 19.3. The highest BCUT2D eigenvalue weighted by Crippen LogP contribution is 2.38. The molecule has 0 atom stereocenters. The van der Waals surface area contributed by atoms with Crippen molar-refractivity contribution >= 4 is 16.7 Å². The van der Waals surface area contributed by atoms with Gasteiger partial charge in [0, 0.05) is 35.9 Å². The standard InChI is InChI=1S/C29H37NO.H2/c1-3-4-5-6-7-12-29(31)23-17-15-22(16-18-23)24-14-13-21(2)26(19-24)28-20-25-10-8-9-11-27(25)30-28;/h8-11,13-14,19-20,22-23,30H,3-7,12,15-18H2,1-2H3;1H. The maximum atomic E-state index is 12.6. The number of para-hydroxylation sites is 1. The molecule has 0 spiro atoms. The summed E-state index contributed by atoms with van der Waals surface area (Å²) in [4.78, 5) is 16.2. The smallest absolute Gasteiger partial charge is 0.135 e. The fourth-order valence-electron chi connectivity index (χ4n) is 5.26. The highest BCUT2D eigenvalue weighted by molar-refractivity contribution is 5.86. The first kappa shape index (κ1) is 21.9. The molecule has 1 saturated carbocycles. The number of nitrogens with one attached hydrogen (secondary N) is 1. The third-order valence-corrected chi connectivity index (χ3v) is 7.26. The average molecular weight is 418 g/mol. The molecule has 1 heterocycles. The Labute approximate surface area is 188 Å². The number of unbranched alkanes of at least 4 members (excludes halogenated alkanes) is 4. The van der Waals surface area contributed by atoms with E-state index in [0.717, 1.165) is 38.5 Å². The number of carbonyl (C=O) groups excluding carboxylic acids is 1. The summed E-state index contributed by atoms with van der Waals surface area (Å²) in [5.74, 6) is 1.41. The van der Waals surface area contributed by atoms with Gasteiger partial charge in [-0.2, -0.15) is 0 Å². The van der Waals surface area contributed by atoms with Gasteiger partial charge < -0.3 is 4.98 Å². The van der Waals surface area contributed by atoms with Gasteiger partial charge in [0.05, 0.1) is 0 Å². The molecule has 2 nitrogen and oxygen atoms in total. The number of rotatable bonds is 9. The molecule has 166 valence electrons. The van der Waals surface area contributed by atoms with Gasteiger partial charge in [0.2, 0.25) is 0 Å². The van der Waals surface area contributed by atoms with E-state index < -0.39 is 0 Å². The highest BCUT2D eigenvalue weighted by Gasteiger charge is 2.27. The number of H-pyrrole nitrogens is 1. The van der Waals surface area contributed by atoms with Crippen molar-refractivity contribution in [2.45, 2.75) is 84.0 Å². The second kappa shape index (κ2) is 10.3. The van der Waals surface area contributed by atoms with Crippen LogP contribution in [0.15, 0.2) is 48.5 Å². The van der Waals surface area contributed by atoms with E-state index in [2.05, 4.69) is 67.4 Å². The Morgan fingerprint density at radius 2 is 1.74 bits per heavy atom. The molecule has 0 aliphatic heterocycles. The van der Waals surface area contributed by atoms with E-state index in [0.29, 0.717) is 17.6 Å². The minimum Gasteiger partial charge on any atom is -0.355 e. The lowest BCUT2D eigenvalue weighted by atomic mass is 9.76. The summed E-state index contributed by atoms with van der Waals surface area (Å²) in [6.07, 6.45) is 11.4. The number of aromatic nitrogens is 1. The van der Waals surface area contributed by atoms with Crippen molar-refractivity contribution in [2.75, 3.05) is 0 Å². The lowest BCUT2D eigenvalue weighted by Crippen LogP contribution is -2.21. The number of hydrogen-bond acceptors (Lipinski definition) is 1. The molecule has 1 aliphatic rings. The van der Waals surface area contributed by atoms with Crippen molar-refractivity contribution in [1.82, 2.24) is 4.98 Å². The fraction of sp³-hybridized carbons (Fsp3) is 0.483. The van der Waals surface area contributed by atoms with Gasteiger partial charge in [0.25, 0.3) is 0 Å². The molecule has 3 aromatic rings. The Bertz CT molecular complexity index is 980. The summed E-state index contributed by atoms with van der Waals surface area (Å²) in [6, 6.07) is 17.7. The van der Waals surface area contributed by atoms with Gasteiger partial charge in [-0.1, -0.05) is 62.9 Å².